The first kappa shape index (κ1) is 18.4. The predicted octanol–water partition coefficient (Wildman–Crippen LogP) is 1.97. The van der Waals surface area contributed by atoms with E-state index in [1.165, 1.54) is 0 Å². The zero-order valence-electron chi connectivity index (χ0n) is 14.2. The number of hydrogen-bond donors (Lipinski definition) is 0. The van der Waals surface area contributed by atoms with Gasteiger partial charge in [0.15, 0.2) is 0 Å². The third-order valence-electron chi connectivity index (χ3n) is 3.32. The normalized spacial score (nSPS) is 12.5. The monoisotopic (exact) mass is 400 g/mol. The summed E-state index contributed by atoms with van der Waals surface area (Å²) in [6.07, 6.45) is 0. The van der Waals surface area contributed by atoms with Crippen LogP contribution in [0.2, 0.25) is 0 Å². The first-order valence-electron chi connectivity index (χ1n) is 8.21. The quantitative estimate of drug-likeness (QED) is 0.487. The van der Waals surface area contributed by atoms with Gasteiger partial charge in [0, 0.05) is 0 Å². The molecule has 0 amide bonds. The van der Waals surface area contributed by atoms with Crippen LogP contribution in [-0.4, -0.2) is 29.5 Å². The molecule has 0 atom stereocenters. The molecular formula is C18H20O5Si3. The summed E-state index contributed by atoms with van der Waals surface area (Å²) >= 11 is 0. The van der Waals surface area contributed by atoms with Crippen LogP contribution in [0.25, 0.3) is 0 Å². The van der Waals surface area contributed by atoms with Gasteiger partial charge in [-0.2, -0.15) is 0 Å². The highest BCUT2D eigenvalue weighted by Gasteiger charge is 2.18. The largest absolute Gasteiger partial charge is 0.532 e. The molecule has 3 aromatic carbocycles. The van der Waals surface area contributed by atoms with E-state index < -0.39 is 29.5 Å². The van der Waals surface area contributed by atoms with Crippen LogP contribution >= 0.6 is 0 Å². The molecule has 0 aliphatic rings. The zero-order valence-corrected chi connectivity index (χ0v) is 18.2. The van der Waals surface area contributed by atoms with Gasteiger partial charge in [0.05, 0.1) is 0 Å². The lowest BCUT2D eigenvalue weighted by Gasteiger charge is -2.18. The fourth-order valence-corrected chi connectivity index (χ4v) is 6.34. The average molecular weight is 401 g/mol. The number of para-hydroxylation sites is 3. The van der Waals surface area contributed by atoms with Gasteiger partial charge in [-0.15, -0.1) is 0 Å². The fourth-order valence-electron chi connectivity index (χ4n) is 2.08. The van der Waals surface area contributed by atoms with Gasteiger partial charge >= 0.3 is 29.5 Å². The van der Waals surface area contributed by atoms with Gasteiger partial charge in [0.2, 0.25) is 0 Å². The highest BCUT2D eigenvalue weighted by Crippen LogP contribution is 2.12. The maximum atomic E-state index is 5.89. The molecule has 3 rings (SSSR count). The second kappa shape index (κ2) is 10.6. The van der Waals surface area contributed by atoms with E-state index in [2.05, 4.69) is 0 Å². The molecule has 134 valence electrons. The number of rotatable bonds is 10. The van der Waals surface area contributed by atoms with Gasteiger partial charge in [0.1, 0.15) is 17.2 Å². The summed E-state index contributed by atoms with van der Waals surface area (Å²) in [5, 5.41) is 0. The molecule has 0 aliphatic carbocycles. The minimum absolute atomic E-state index is 0.728. The lowest BCUT2D eigenvalue weighted by atomic mass is 10.3. The summed E-state index contributed by atoms with van der Waals surface area (Å²) in [7, 11) is -4.89. The van der Waals surface area contributed by atoms with Crippen molar-refractivity contribution in [2.24, 2.45) is 0 Å². The molecule has 0 aliphatic heterocycles. The molecule has 0 unspecified atom stereocenters. The molecule has 0 aromatic heterocycles. The molecule has 0 saturated heterocycles. The van der Waals surface area contributed by atoms with E-state index in [9.17, 15) is 0 Å². The second-order valence-corrected chi connectivity index (χ2v) is 9.73. The average Bonchev–Trinajstić information content (AvgIpc) is 2.70. The van der Waals surface area contributed by atoms with Crippen LogP contribution in [0.5, 0.6) is 17.2 Å². The Labute approximate surface area is 159 Å². The van der Waals surface area contributed by atoms with Gasteiger partial charge in [-0.05, 0) is 36.4 Å². The fraction of sp³-hybridized carbons (Fsp3) is 0. The van der Waals surface area contributed by atoms with Crippen molar-refractivity contribution >= 4 is 29.5 Å². The molecular weight excluding hydrogens is 380 g/mol. The summed E-state index contributed by atoms with van der Waals surface area (Å²) < 4.78 is 29.0. The van der Waals surface area contributed by atoms with Gasteiger partial charge in [-0.1, -0.05) is 54.6 Å². The van der Waals surface area contributed by atoms with Crippen molar-refractivity contribution in [2.75, 3.05) is 0 Å². The van der Waals surface area contributed by atoms with E-state index >= 15 is 0 Å². The Morgan fingerprint density at radius 2 is 0.885 bits per heavy atom. The molecule has 0 bridgehead atoms. The minimum atomic E-state index is -2.37. The van der Waals surface area contributed by atoms with Gasteiger partial charge in [-0.3, -0.25) is 0 Å². The minimum Gasteiger partial charge on any atom is -0.525 e. The van der Waals surface area contributed by atoms with Crippen LogP contribution in [-0.2, 0) is 8.23 Å². The smallest absolute Gasteiger partial charge is 0.525 e. The predicted molar refractivity (Wildman–Crippen MR) is 108 cm³/mol. The maximum Gasteiger partial charge on any atom is 0.532 e. The van der Waals surface area contributed by atoms with Crippen molar-refractivity contribution in [3.8, 4) is 17.2 Å². The van der Waals surface area contributed by atoms with E-state index in [4.69, 9.17) is 21.5 Å². The molecule has 0 spiro atoms. The van der Waals surface area contributed by atoms with Crippen LogP contribution in [0.3, 0.4) is 0 Å². The second-order valence-electron chi connectivity index (χ2n) is 5.20. The van der Waals surface area contributed by atoms with Crippen LogP contribution in [0.4, 0.5) is 0 Å². The molecule has 8 heteroatoms. The summed E-state index contributed by atoms with van der Waals surface area (Å²) in [5.41, 5.74) is 0. The Morgan fingerprint density at radius 3 is 1.31 bits per heavy atom. The Hall–Kier alpha value is -2.37. The highest BCUT2D eigenvalue weighted by atomic mass is 28.4. The Kier molecular flexibility index (Phi) is 7.50. The van der Waals surface area contributed by atoms with Crippen molar-refractivity contribution < 1.29 is 21.5 Å². The van der Waals surface area contributed by atoms with Gasteiger partial charge in [0.25, 0.3) is 0 Å². The molecule has 0 fully saturated rings. The summed E-state index contributed by atoms with van der Waals surface area (Å²) in [6, 6.07) is 28.7. The van der Waals surface area contributed by atoms with Crippen LogP contribution in [0.1, 0.15) is 0 Å². The van der Waals surface area contributed by atoms with Gasteiger partial charge in [-0.25, -0.2) is 0 Å². The Bertz CT molecular complexity index is 701. The van der Waals surface area contributed by atoms with E-state index in [1.54, 1.807) is 0 Å². The summed E-state index contributed by atoms with van der Waals surface area (Å²) in [5.74, 6) is 2.32. The van der Waals surface area contributed by atoms with E-state index in [0.29, 0.717) is 0 Å². The lowest BCUT2D eigenvalue weighted by molar-refractivity contribution is 0.284. The topological polar surface area (TPSA) is 46.2 Å². The summed E-state index contributed by atoms with van der Waals surface area (Å²) in [6.45, 7) is 0. The van der Waals surface area contributed by atoms with Crippen molar-refractivity contribution in [3.05, 3.63) is 91.0 Å². The molecule has 3 aromatic rings. The first-order chi connectivity index (χ1) is 12.9. The van der Waals surface area contributed by atoms with Gasteiger partial charge < -0.3 is 21.5 Å². The third-order valence-corrected chi connectivity index (χ3v) is 7.95. The Morgan fingerprint density at radius 1 is 0.500 bits per heavy atom. The molecule has 0 heterocycles. The van der Waals surface area contributed by atoms with Crippen LogP contribution in [0, 0.1) is 0 Å². The molecule has 5 nitrogen and oxygen atoms in total. The van der Waals surface area contributed by atoms with Crippen molar-refractivity contribution in [3.63, 3.8) is 0 Å². The molecule has 0 saturated carbocycles. The molecule has 0 radical (unpaired) electrons. The molecule has 26 heavy (non-hydrogen) atoms. The SMILES string of the molecule is c1ccc(O[SiH2]O[SiH](O[SiH2]Oc2ccccc2)Oc2ccccc2)cc1. The number of hydrogen-bond acceptors (Lipinski definition) is 5. The van der Waals surface area contributed by atoms with E-state index in [1.807, 2.05) is 91.0 Å². The zero-order chi connectivity index (χ0) is 17.9. The highest BCUT2D eigenvalue weighted by molar-refractivity contribution is 6.52. The van der Waals surface area contributed by atoms with Crippen LogP contribution < -0.4 is 13.3 Å². The lowest BCUT2D eigenvalue weighted by Crippen LogP contribution is -2.36. The van der Waals surface area contributed by atoms with Crippen molar-refractivity contribution in [2.45, 2.75) is 0 Å². The number of benzene rings is 3. The standard InChI is InChI=1S/C18H20O5Si3/c1-4-10-16(11-5-1)19-24-22-26(21-18-14-8-3-9-15-18)23-25-20-17-12-6-2-7-13-17/h1-15,26H,24-25H2. The Balaban J connectivity index is 1.50. The van der Waals surface area contributed by atoms with E-state index in [0.717, 1.165) is 17.2 Å². The van der Waals surface area contributed by atoms with Crippen molar-refractivity contribution in [1.82, 2.24) is 0 Å². The van der Waals surface area contributed by atoms with Crippen LogP contribution in [0.15, 0.2) is 91.0 Å². The maximum absolute atomic E-state index is 5.89. The third kappa shape index (κ3) is 6.50. The molecule has 0 N–H and O–H groups in total. The summed E-state index contributed by atoms with van der Waals surface area (Å²) in [4.78, 5) is 0. The van der Waals surface area contributed by atoms with Crippen molar-refractivity contribution in [1.29, 1.82) is 0 Å². The first-order valence-corrected chi connectivity index (χ1v) is 11.9. The van der Waals surface area contributed by atoms with E-state index in [-0.39, 0.29) is 0 Å².